The Hall–Kier alpha value is -0.930. The predicted molar refractivity (Wildman–Crippen MR) is 45.5 cm³/mol. The van der Waals surface area contributed by atoms with Gasteiger partial charge in [0, 0.05) is 24.5 Å². The molecule has 3 nitrogen and oxygen atoms in total. The van der Waals surface area contributed by atoms with Gasteiger partial charge in [0.1, 0.15) is 6.23 Å². The second-order valence-corrected chi connectivity index (χ2v) is 2.84. The molecule has 2 heterocycles. The molecule has 1 aliphatic rings. The molecular weight excluding hydrogens is 152 g/mol. The van der Waals surface area contributed by atoms with Gasteiger partial charge >= 0.3 is 0 Å². The first-order chi connectivity index (χ1) is 5.97. The van der Waals surface area contributed by atoms with Crippen LogP contribution in [0, 0.1) is 0 Å². The van der Waals surface area contributed by atoms with Crippen molar-refractivity contribution >= 4 is 0 Å². The number of ether oxygens (including phenoxy) is 1. The third kappa shape index (κ3) is 1.62. The summed E-state index contributed by atoms with van der Waals surface area (Å²) in [5.74, 6) is 0. The van der Waals surface area contributed by atoms with Crippen molar-refractivity contribution in [2.75, 3.05) is 13.2 Å². The highest BCUT2D eigenvalue weighted by Crippen LogP contribution is 2.15. The van der Waals surface area contributed by atoms with Gasteiger partial charge < -0.3 is 4.74 Å². The highest BCUT2D eigenvalue weighted by atomic mass is 16.5. The number of hydrogen-bond acceptors (Lipinski definition) is 3. The van der Waals surface area contributed by atoms with E-state index in [1.54, 1.807) is 6.20 Å². The second kappa shape index (κ2) is 3.65. The summed E-state index contributed by atoms with van der Waals surface area (Å²) < 4.78 is 5.51. The molecule has 1 aromatic rings. The van der Waals surface area contributed by atoms with E-state index in [0.717, 1.165) is 25.1 Å². The molecule has 0 amide bonds. The molecule has 12 heavy (non-hydrogen) atoms. The van der Waals surface area contributed by atoms with Crippen LogP contribution in [0.5, 0.6) is 0 Å². The number of aromatic nitrogens is 1. The van der Waals surface area contributed by atoms with Crippen LogP contribution in [0.3, 0.4) is 0 Å². The van der Waals surface area contributed by atoms with Crippen molar-refractivity contribution < 1.29 is 4.74 Å². The summed E-state index contributed by atoms with van der Waals surface area (Å²) in [4.78, 5) is 4.04. The van der Waals surface area contributed by atoms with Gasteiger partial charge in [0.15, 0.2) is 0 Å². The summed E-state index contributed by atoms with van der Waals surface area (Å²) in [5, 5.41) is 3.27. The first kappa shape index (κ1) is 7.71. The van der Waals surface area contributed by atoms with Gasteiger partial charge in [-0.2, -0.15) is 0 Å². The van der Waals surface area contributed by atoms with Crippen LogP contribution >= 0.6 is 0 Å². The van der Waals surface area contributed by atoms with Crippen molar-refractivity contribution in [3.63, 3.8) is 0 Å². The number of rotatable bonds is 1. The minimum absolute atomic E-state index is 0.0486. The van der Waals surface area contributed by atoms with E-state index < -0.39 is 0 Å². The van der Waals surface area contributed by atoms with Crippen LogP contribution in [0.2, 0.25) is 0 Å². The van der Waals surface area contributed by atoms with Crippen molar-refractivity contribution in [1.82, 2.24) is 10.3 Å². The average Bonchev–Trinajstić information content (AvgIpc) is 2.21. The van der Waals surface area contributed by atoms with E-state index in [1.807, 2.05) is 18.3 Å². The number of nitrogens with zero attached hydrogens (tertiary/aromatic N) is 1. The van der Waals surface area contributed by atoms with Crippen molar-refractivity contribution in [3.05, 3.63) is 30.1 Å². The Labute approximate surface area is 71.8 Å². The first-order valence-electron chi connectivity index (χ1n) is 4.22. The Bertz CT molecular complexity index is 232. The van der Waals surface area contributed by atoms with E-state index in [1.165, 1.54) is 0 Å². The van der Waals surface area contributed by atoms with Gasteiger partial charge in [-0.1, -0.05) is 6.07 Å². The van der Waals surface area contributed by atoms with Crippen molar-refractivity contribution in [1.29, 1.82) is 0 Å². The summed E-state index contributed by atoms with van der Waals surface area (Å²) in [6, 6.07) is 3.95. The molecule has 0 aromatic carbocycles. The molecule has 1 atom stereocenters. The molecule has 3 heteroatoms. The van der Waals surface area contributed by atoms with E-state index in [2.05, 4.69) is 10.3 Å². The zero-order chi connectivity index (χ0) is 8.23. The molecule has 64 valence electrons. The molecule has 1 aromatic heterocycles. The SMILES string of the molecule is c1cncc(C2NCCCO2)c1. The molecule has 2 rings (SSSR count). The molecule has 0 saturated carbocycles. The predicted octanol–water partition coefficient (Wildman–Crippen LogP) is 1.09. The molecule has 0 bridgehead atoms. The molecule has 1 fully saturated rings. The zero-order valence-electron chi connectivity index (χ0n) is 6.86. The topological polar surface area (TPSA) is 34.2 Å². The number of hydrogen-bond donors (Lipinski definition) is 1. The van der Waals surface area contributed by atoms with Gasteiger partial charge in [0.2, 0.25) is 0 Å². The molecule has 1 N–H and O–H groups in total. The van der Waals surface area contributed by atoms with E-state index in [0.29, 0.717) is 0 Å². The van der Waals surface area contributed by atoms with E-state index in [9.17, 15) is 0 Å². The van der Waals surface area contributed by atoms with Crippen LogP contribution in [0.15, 0.2) is 24.5 Å². The van der Waals surface area contributed by atoms with Crippen molar-refractivity contribution in [3.8, 4) is 0 Å². The number of pyridine rings is 1. The molecule has 1 unspecified atom stereocenters. The van der Waals surface area contributed by atoms with Gasteiger partial charge in [-0.3, -0.25) is 10.3 Å². The maximum Gasteiger partial charge on any atom is 0.135 e. The lowest BCUT2D eigenvalue weighted by atomic mass is 10.2. The lowest BCUT2D eigenvalue weighted by Crippen LogP contribution is -2.31. The fraction of sp³-hybridized carbons (Fsp3) is 0.444. The van der Waals surface area contributed by atoms with Gasteiger partial charge in [-0.15, -0.1) is 0 Å². The fourth-order valence-electron chi connectivity index (χ4n) is 1.31. The Morgan fingerprint density at radius 1 is 1.58 bits per heavy atom. The third-order valence-corrected chi connectivity index (χ3v) is 1.92. The maximum atomic E-state index is 5.51. The van der Waals surface area contributed by atoms with Gasteiger partial charge in [-0.25, -0.2) is 0 Å². The van der Waals surface area contributed by atoms with E-state index >= 15 is 0 Å². The summed E-state index contributed by atoms with van der Waals surface area (Å²) >= 11 is 0. The van der Waals surface area contributed by atoms with Crippen molar-refractivity contribution in [2.45, 2.75) is 12.6 Å². The maximum absolute atomic E-state index is 5.51. The normalized spacial score (nSPS) is 23.8. The van der Waals surface area contributed by atoms with Crippen LogP contribution in [0.25, 0.3) is 0 Å². The first-order valence-corrected chi connectivity index (χ1v) is 4.22. The molecule has 0 aliphatic carbocycles. The van der Waals surface area contributed by atoms with Gasteiger partial charge in [0.25, 0.3) is 0 Å². The summed E-state index contributed by atoms with van der Waals surface area (Å²) in [6.45, 7) is 1.87. The minimum Gasteiger partial charge on any atom is -0.359 e. The second-order valence-electron chi connectivity index (χ2n) is 2.84. The van der Waals surface area contributed by atoms with Gasteiger partial charge in [0.05, 0.1) is 6.61 Å². The van der Waals surface area contributed by atoms with E-state index in [-0.39, 0.29) is 6.23 Å². The Kier molecular flexibility index (Phi) is 2.34. The summed E-state index contributed by atoms with van der Waals surface area (Å²) in [6.07, 6.45) is 4.75. The molecule has 0 spiro atoms. The van der Waals surface area contributed by atoms with Crippen LogP contribution < -0.4 is 5.32 Å². The van der Waals surface area contributed by atoms with Gasteiger partial charge in [-0.05, 0) is 12.5 Å². The summed E-state index contributed by atoms with van der Waals surface area (Å²) in [7, 11) is 0. The van der Waals surface area contributed by atoms with Crippen LogP contribution in [0.4, 0.5) is 0 Å². The third-order valence-electron chi connectivity index (χ3n) is 1.92. The van der Waals surface area contributed by atoms with Crippen LogP contribution in [0.1, 0.15) is 18.2 Å². The molecule has 1 saturated heterocycles. The zero-order valence-corrected chi connectivity index (χ0v) is 6.86. The minimum atomic E-state index is 0.0486. The van der Waals surface area contributed by atoms with Crippen LogP contribution in [-0.4, -0.2) is 18.1 Å². The monoisotopic (exact) mass is 164 g/mol. The standard InChI is InChI=1S/C9H12N2O/c1-3-8(7-10-4-1)9-11-5-2-6-12-9/h1,3-4,7,9,11H,2,5-6H2. The smallest absolute Gasteiger partial charge is 0.135 e. The molecule has 1 aliphatic heterocycles. The highest BCUT2D eigenvalue weighted by Gasteiger charge is 2.14. The lowest BCUT2D eigenvalue weighted by Gasteiger charge is -2.23. The van der Waals surface area contributed by atoms with Crippen LogP contribution in [-0.2, 0) is 4.74 Å². The van der Waals surface area contributed by atoms with Crippen molar-refractivity contribution in [2.24, 2.45) is 0 Å². The largest absolute Gasteiger partial charge is 0.359 e. The van der Waals surface area contributed by atoms with E-state index in [4.69, 9.17) is 4.74 Å². The number of nitrogens with one attached hydrogen (secondary N) is 1. The average molecular weight is 164 g/mol. The Morgan fingerprint density at radius 3 is 3.25 bits per heavy atom. The molecule has 0 radical (unpaired) electrons. The Morgan fingerprint density at radius 2 is 2.58 bits per heavy atom. The summed E-state index contributed by atoms with van der Waals surface area (Å²) in [5.41, 5.74) is 1.11. The fourth-order valence-corrected chi connectivity index (χ4v) is 1.31. The molecular formula is C9H12N2O. The Balaban J connectivity index is 2.08. The lowest BCUT2D eigenvalue weighted by molar-refractivity contribution is -0.000511. The highest BCUT2D eigenvalue weighted by molar-refractivity contribution is 5.11. The quantitative estimate of drug-likeness (QED) is 0.674.